The second-order valence-electron chi connectivity index (χ2n) is 12.3. The quantitative estimate of drug-likeness (QED) is 0.213. The number of hydrogen-bond donors (Lipinski definition) is 3. The number of amides is 2. The molecule has 0 aromatic carbocycles. The Kier molecular flexibility index (Phi) is 10.9. The molecule has 1 aliphatic heterocycles. The average molecular weight is 667 g/mol. The number of alkyl carbamates (subject to hydrolysis) is 1. The van der Waals surface area contributed by atoms with Crippen LogP contribution in [-0.2, 0) is 33.0 Å². The summed E-state index contributed by atoms with van der Waals surface area (Å²) in [5.41, 5.74) is 1.00. The fraction of sp³-hybridized carbons (Fsp3) is 0.643. The Bertz CT molecular complexity index is 1640. The van der Waals surface area contributed by atoms with E-state index in [4.69, 9.17) is 9.47 Å². The van der Waals surface area contributed by atoms with Crippen molar-refractivity contribution in [1.29, 1.82) is 0 Å². The maximum absolute atomic E-state index is 15.0. The molecule has 0 radical (unpaired) electrons. The Morgan fingerprint density at radius 2 is 1.91 bits per heavy atom. The van der Waals surface area contributed by atoms with E-state index in [2.05, 4.69) is 36.0 Å². The van der Waals surface area contributed by atoms with Gasteiger partial charge >= 0.3 is 6.09 Å². The number of sulfone groups is 1. The van der Waals surface area contributed by atoms with Gasteiger partial charge in [-0.3, -0.25) is 9.48 Å². The summed E-state index contributed by atoms with van der Waals surface area (Å²) in [5, 5.41) is 13.1. The van der Waals surface area contributed by atoms with Gasteiger partial charge < -0.3 is 34.9 Å². The van der Waals surface area contributed by atoms with E-state index < -0.39 is 39.7 Å². The molecular weight excluding hydrogens is 623 g/mol. The molecule has 0 aliphatic carbocycles. The standard InChI is InChI=1S/C28H43FN10O6S/c1-28(2,3)45-27(41)30-11-8-7-9-12-39-16-20(25(36-39)44-5)33-23-22-24(37(4)17-31-22)35-26(34-23)38-14-18(29)19(15-38)32-21(40)10-13-46(6,42)43/h16-19H,7-15H2,1-6H3,(H,30,41)(H,32,40)(H,33,34,35)/t18-,19-/m1/s1. The normalized spacial score (nSPS) is 16.9. The van der Waals surface area contributed by atoms with Gasteiger partial charge in [0.1, 0.15) is 27.3 Å². The van der Waals surface area contributed by atoms with Crippen LogP contribution in [0.4, 0.5) is 26.6 Å². The molecule has 1 fully saturated rings. The molecule has 46 heavy (non-hydrogen) atoms. The van der Waals surface area contributed by atoms with Crippen LogP contribution in [0.15, 0.2) is 12.5 Å². The van der Waals surface area contributed by atoms with Crippen molar-refractivity contribution in [3.05, 3.63) is 12.5 Å². The number of ether oxygens (including phenoxy) is 2. The first-order chi connectivity index (χ1) is 21.6. The zero-order valence-corrected chi connectivity index (χ0v) is 27.9. The van der Waals surface area contributed by atoms with Crippen LogP contribution in [0.1, 0.15) is 46.5 Å². The molecule has 16 nitrogen and oxygen atoms in total. The molecule has 3 N–H and O–H groups in total. The minimum atomic E-state index is -3.32. The lowest BCUT2D eigenvalue weighted by Crippen LogP contribution is -2.42. The molecule has 1 aliphatic rings. The fourth-order valence-electron chi connectivity index (χ4n) is 4.81. The Morgan fingerprint density at radius 3 is 2.61 bits per heavy atom. The van der Waals surface area contributed by atoms with Gasteiger partial charge in [0.15, 0.2) is 17.0 Å². The van der Waals surface area contributed by atoms with E-state index in [1.54, 1.807) is 33.7 Å². The lowest BCUT2D eigenvalue weighted by Gasteiger charge is -2.19. The van der Waals surface area contributed by atoms with E-state index in [-0.39, 0.29) is 31.2 Å². The van der Waals surface area contributed by atoms with Crippen LogP contribution >= 0.6 is 0 Å². The highest BCUT2D eigenvalue weighted by atomic mass is 32.2. The maximum Gasteiger partial charge on any atom is 0.407 e. The molecule has 0 saturated carbocycles. The predicted octanol–water partition coefficient (Wildman–Crippen LogP) is 2.08. The summed E-state index contributed by atoms with van der Waals surface area (Å²) in [6, 6.07) is -0.847. The number of nitrogens with zero attached hydrogens (tertiary/aromatic N) is 7. The van der Waals surface area contributed by atoms with E-state index in [9.17, 15) is 22.4 Å². The Morgan fingerprint density at radius 1 is 1.15 bits per heavy atom. The van der Waals surface area contributed by atoms with Crippen molar-refractivity contribution in [3.63, 3.8) is 0 Å². The minimum absolute atomic E-state index is 0.0611. The summed E-state index contributed by atoms with van der Waals surface area (Å²) in [6.07, 6.45) is 4.81. The van der Waals surface area contributed by atoms with E-state index in [0.717, 1.165) is 25.5 Å². The number of carbonyl (C=O) groups excluding carboxylic acids is 2. The number of fused-ring (bicyclic) bond motifs is 1. The molecule has 0 bridgehead atoms. The zero-order valence-electron chi connectivity index (χ0n) is 27.0. The molecule has 254 valence electrons. The number of halogens is 1. The van der Waals surface area contributed by atoms with Gasteiger partial charge in [0.05, 0.1) is 38.0 Å². The van der Waals surface area contributed by atoms with Crippen molar-refractivity contribution in [2.75, 3.05) is 49.0 Å². The third-order valence-corrected chi connectivity index (χ3v) is 7.98. The van der Waals surface area contributed by atoms with Gasteiger partial charge in [-0.15, -0.1) is 5.10 Å². The topological polar surface area (TPSA) is 187 Å². The summed E-state index contributed by atoms with van der Waals surface area (Å²) in [5.74, 6) is 0.0993. The summed E-state index contributed by atoms with van der Waals surface area (Å²) >= 11 is 0. The number of hydrogen-bond acceptors (Lipinski definition) is 12. The molecule has 1 saturated heterocycles. The molecule has 2 amide bonds. The van der Waals surface area contributed by atoms with Crippen molar-refractivity contribution in [3.8, 4) is 5.88 Å². The average Bonchev–Trinajstić information content (AvgIpc) is 3.65. The fourth-order valence-corrected chi connectivity index (χ4v) is 5.36. The maximum atomic E-state index is 15.0. The highest BCUT2D eigenvalue weighted by Gasteiger charge is 2.36. The highest BCUT2D eigenvalue weighted by molar-refractivity contribution is 7.90. The number of aromatic nitrogens is 6. The number of rotatable bonds is 14. The van der Waals surface area contributed by atoms with Crippen LogP contribution in [0.3, 0.4) is 0 Å². The second kappa shape index (κ2) is 14.5. The largest absolute Gasteiger partial charge is 0.478 e. The van der Waals surface area contributed by atoms with Gasteiger partial charge in [0, 0.05) is 39.4 Å². The smallest absolute Gasteiger partial charge is 0.407 e. The summed E-state index contributed by atoms with van der Waals surface area (Å²) in [4.78, 5) is 39.4. The molecule has 2 atom stereocenters. The lowest BCUT2D eigenvalue weighted by atomic mass is 10.2. The summed E-state index contributed by atoms with van der Waals surface area (Å²) < 4.78 is 52.0. The Hall–Kier alpha value is -4.22. The Labute approximate surface area is 267 Å². The number of aryl methyl sites for hydroxylation is 2. The SMILES string of the molecule is COc1nn(CCCCCNC(=O)OC(C)(C)C)cc1Nc1nc(N2C[C@@H](F)[C@H](NC(=O)CCS(C)(=O)=O)C2)nc2c1ncn2C. The first kappa shape index (κ1) is 34.6. The third kappa shape index (κ3) is 9.64. The number of alkyl halides is 1. The van der Waals surface area contributed by atoms with Crippen LogP contribution in [0.25, 0.3) is 11.2 Å². The van der Waals surface area contributed by atoms with Crippen LogP contribution < -0.4 is 25.6 Å². The molecule has 3 aromatic rings. The van der Waals surface area contributed by atoms with Gasteiger partial charge in [0.25, 0.3) is 5.88 Å². The van der Waals surface area contributed by atoms with Gasteiger partial charge in [-0.25, -0.2) is 22.6 Å². The molecule has 3 aromatic heterocycles. The highest BCUT2D eigenvalue weighted by Crippen LogP contribution is 2.31. The van der Waals surface area contributed by atoms with Gasteiger partial charge in [-0.05, 0) is 40.0 Å². The number of nitrogens with one attached hydrogen (secondary N) is 3. The van der Waals surface area contributed by atoms with Crippen LogP contribution in [0, 0.1) is 0 Å². The van der Waals surface area contributed by atoms with E-state index in [1.807, 2.05) is 20.8 Å². The Balaban J connectivity index is 1.40. The molecular formula is C28H43FN10O6S. The first-order valence-corrected chi connectivity index (χ1v) is 17.1. The summed E-state index contributed by atoms with van der Waals surface area (Å²) in [6.45, 7) is 6.61. The van der Waals surface area contributed by atoms with Crippen molar-refractivity contribution >= 4 is 50.5 Å². The molecule has 4 heterocycles. The van der Waals surface area contributed by atoms with Gasteiger partial charge in [-0.1, -0.05) is 0 Å². The number of unbranched alkanes of at least 4 members (excludes halogenated alkanes) is 2. The molecule has 18 heteroatoms. The van der Waals surface area contributed by atoms with Crippen LogP contribution in [0.5, 0.6) is 5.88 Å². The number of imidazole rings is 1. The van der Waals surface area contributed by atoms with Crippen LogP contribution in [0.2, 0.25) is 0 Å². The van der Waals surface area contributed by atoms with E-state index in [1.165, 1.54) is 7.11 Å². The number of carbonyl (C=O) groups is 2. The molecule has 0 spiro atoms. The predicted molar refractivity (Wildman–Crippen MR) is 170 cm³/mol. The van der Waals surface area contributed by atoms with Crippen molar-refractivity contribution in [2.24, 2.45) is 7.05 Å². The van der Waals surface area contributed by atoms with Crippen molar-refractivity contribution < 1.29 is 31.9 Å². The molecule has 0 unspecified atom stereocenters. The van der Waals surface area contributed by atoms with Crippen LogP contribution in [-0.4, -0.2) is 106 Å². The third-order valence-electron chi connectivity index (χ3n) is 7.03. The van der Waals surface area contributed by atoms with E-state index in [0.29, 0.717) is 41.6 Å². The number of methoxy groups -OCH3 is 1. The molecule has 4 rings (SSSR count). The second-order valence-corrected chi connectivity index (χ2v) is 14.6. The summed E-state index contributed by atoms with van der Waals surface area (Å²) in [7, 11) is -0.0271. The van der Waals surface area contributed by atoms with Gasteiger partial charge in [0.2, 0.25) is 11.9 Å². The minimum Gasteiger partial charge on any atom is -0.478 e. The van der Waals surface area contributed by atoms with E-state index >= 15 is 0 Å². The zero-order chi connectivity index (χ0) is 33.6. The first-order valence-electron chi connectivity index (χ1n) is 15.0. The number of anilines is 3. The monoisotopic (exact) mass is 666 g/mol. The van der Waals surface area contributed by atoms with Gasteiger partial charge in [-0.2, -0.15) is 9.97 Å². The lowest BCUT2D eigenvalue weighted by molar-refractivity contribution is -0.121. The van der Waals surface area contributed by atoms with Crippen molar-refractivity contribution in [2.45, 2.75) is 70.8 Å². The van der Waals surface area contributed by atoms with Crippen molar-refractivity contribution in [1.82, 2.24) is 39.9 Å².